The van der Waals surface area contributed by atoms with Crippen molar-refractivity contribution in [1.29, 1.82) is 0 Å². The van der Waals surface area contributed by atoms with E-state index in [2.05, 4.69) is 0 Å². The molecule has 2 N–H and O–H groups in total. The zero-order valence-electron chi connectivity index (χ0n) is 9.91. The van der Waals surface area contributed by atoms with Crippen molar-refractivity contribution in [2.75, 3.05) is 13.1 Å². The van der Waals surface area contributed by atoms with Gasteiger partial charge < -0.3 is 10.6 Å². The van der Waals surface area contributed by atoms with Gasteiger partial charge in [0.15, 0.2) is 0 Å². The van der Waals surface area contributed by atoms with Gasteiger partial charge in [-0.15, -0.1) is 12.4 Å². The van der Waals surface area contributed by atoms with Crippen LogP contribution in [-0.4, -0.2) is 34.9 Å². The van der Waals surface area contributed by atoms with Crippen molar-refractivity contribution >= 4 is 35.6 Å². The molecule has 0 unspecified atom stereocenters. The third-order valence-electron chi connectivity index (χ3n) is 2.91. The summed E-state index contributed by atoms with van der Waals surface area (Å²) >= 11 is 5.77. The number of para-hydroxylation sites is 1. The fraction of sp³-hybridized carbons (Fsp3) is 0.364. The number of carbonyl (C=O) groups is 1. The van der Waals surface area contributed by atoms with Crippen LogP contribution in [0.25, 0.3) is 0 Å². The molecule has 6 nitrogen and oxygen atoms in total. The van der Waals surface area contributed by atoms with Crippen molar-refractivity contribution in [3.05, 3.63) is 38.9 Å². The van der Waals surface area contributed by atoms with Gasteiger partial charge in [-0.25, -0.2) is 0 Å². The molecule has 0 saturated carbocycles. The van der Waals surface area contributed by atoms with Gasteiger partial charge in [0.05, 0.1) is 4.92 Å². The summed E-state index contributed by atoms with van der Waals surface area (Å²) in [4.78, 5) is 24.0. The second kappa shape index (κ2) is 6.18. The van der Waals surface area contributed by atoms with E-state index in [1.807, 2.05) is 0 Å². The van der Waals surface area contributed by atoms with Gasteiger partial charge in [0.2, 0.25) is 0 Å². The van der Waals surface area contributed by atoms with Crippen molar-refractivity contribution in [1.82, 2.24) is 4.90 Å². The average Bonchev–Trinajstić information content (AvgIpc) is 2.74. The highest BCUT2D eigenvalue weighted by atomic mass is 35.5. The van der Waals surface area contributed by atoms with Crippen LogP contribution in [0.15, 0.2) is 18.2 Å². The molecule has 104 valence electrons. The standard InChI is InChI=1S/C11H12ClN3O3.ClH/c12-9-3-1-2-8(10(9)15(17)18)11(16)14-5-4-7(13)6-14;/h1-3,7H,4-6,13H2;1H/t7-;/m1./s1. The molecule has 1 amide bonds. The summed E-state index contributed by atoms with van der Waals surface area (Å²) < 4.78 is 0. The molecule has 2 rings (SSSR count). The topological polar surface area (TPSA) is 89.5 Å². The maximum absolute atomic E-state index is 12.2. The summed E-state index contributed by atoms with van der Waals surface area (Å²) in [5.41, 5.74) is 5.39. The van der Waals surface area contributed by atoms with Gasteiger partial charge >= 0.3 is 5.69 Å². The molecule has 0 spiro atoms. The van der Waals surface area contributed by atoms with Crippen LogP contribution in [0, 0.1) is 10.1 Å². The van der Waals surface area contributed by atoms with Crippen molar-refractivity contribution in [2.24, 2.45) is 5.73 Å². The van der Waals surface area contributed by atoms with Crippen LogP contribution < -0.4 is 5.73 Å². The third-order valence-corrected chi connectivity index (χ3v) is 3.22. The van der Waals surface area contributed by atoms with Gasteiger partial charge in [0.25, 0.3) is 5.91 Å². The number of nitro groups is 1. The van der Waals surface area contributed by atoms with E-state index in [1.165, 1.54) is 23.1 Å². The molecule has 1 heterocycles. The predicted octanol–water partition coefficient (Wildman–Crippen LogP) is 1.84. The normalized spacial score (nSPS) is 18.0. The van der Waals surface area contributed by atoms with Gasteiger partial charge in [-0.2, -0.15) is 0 Å². The Bertz CT molecular complexity index is 510. The third kappa shape index (κ3) is 3.15. The Hall–Kier alpha value is -1.37. The smallest absolute Gasteiger partial charge is 0.300 e. The lowest BCUT2D eigenvalue weighted by atomic mass is 10.1. The minimum absolute atomic E-state index is 0. The van der Waals surface area contributed by atoms with Gasteiger partial charge in [0.1, 0.15) is 10.6 Å². The average molecular weight is 306 g/mol. The number of hydrogen-bond acceptors (Lipinski definition) is 4. The largest absolute Gasteiger partial charge is 0.337 e. The Morgan fingerprint density at radius 1 is 1.53 bits per heavy atom. The van der Waals surface area contributed by atoms with Gasteiger partial charge in [-0.3, -0.25) is 14.9 Å². The first-order valence-electron chi connectivity index (χ1n) is 5.48. The van der Waals surface area contributed by atoms with E-state index in [4.69, 9.17) is 17.3 Å². The van der Waals surface area contributed by atoms with E-state index in [9.17, 15) is 14.9 Å². The monoisotopic (exact) mass is 305 g/mol. The van der Waals surface area contributed by atoms with Crippen LogP contribution in [0.1, 0.15) is 16.8 Å². The molecule has 0 radical (unpaired) electrons. The molecule has 0 bridgehead atoms. The maximum Gasteiger partial charge on any atom is 0.300 e. The first-order chi connectivity index (χ1) is 8.50. The number of rotatable bonds is 2. The minimum Gasteiger partial charge on any atom is -0.337 e. The molecule has 1 saturated heterocycles. The zero-order chi connectivity index (χ0) is 13.3. The molecule has 1 aromatic carbocycles. The second-order valence-corrected chi connectivity index (χ2v) is 4.60. The number of amides is 1. The number of benzene rings is 1. The lowest BCUT2D eigenvalue weighted by molar-refractivity contribution is -0.385. The predicted molar refractivity (Wildman–Crippen MR) is 73.9 cm³/mol. The number of nitro benzene ring substituents is 1. The van der Waals surface area contributed by atoms with Gasteiger partial charge in [-0.05, 0) is 18.6 Å². The van der Waals surface area contributed by atoms with Crippen LogP contribution in [0.2, 0.25) is 5.02 Å². The first kappa shape index (κ1) is 15.7. The number of hydrogen-bond donors (Lipinski definition) is 1. The van der Waals surface area contributed by atoms with Crippen LogP contribution in [0.3, 0.4) is 0 Å². The molecule has 1 aromatic rings. The first-order valence-corrected chi connectivity index (χ1v) is 5.86. The van der Waals surface area contributed by atoms with Crippen LogP contribution in [-0.2, 0) is 0 Å². The number of carbonyl (C=O) groups excluding carboxylic acids is 1. The van der Waals surface area contributed by atoms with Crippen molar-refractivity contribution < 1.29 is 9.72 Å². The van der Waals surface area contributed by atoms with Crippen LogP contribution in [0.5, 0.6) is 0 Å². The fourth-order valence-corrected chi connectivity index (χ4v) is 2.26. The maximum atomic E-state index is 12.2. The minimum atomic E-state index is -0.633. The molecule has 1 fully saturated rings. The van der Waals surface area contributed by atoms with E-state index in [-0.39, 0.29) is 34.7 Å². The van der Waals surface area contributed by atoms with E-state index < -0.39 is 10.8 Å². The molecule has 0 aromatic heterocycles. The lowest BCUT2D eigenvalue weighted by Gasteiger charge is -2.15. The van der Waals surface area contributed by atoms with Crippen molar-refractivity contribution in [3.63, 3.8) is 0 Å². The fourth-order valence-electron chi connectivity index (χ4n) is 2.02. The molecule has 0 aliphatic carbocycles. The quantitative estimate of drug-likeness (QED) is 0.667. The summed E-state index contributed by atoms with van der Waals surface area (Å²) in [6.45, 7) is 0.937. The molecule has 8 heteroatoms. The van der Waals surface area contributed by atoms with E-state index in [0.29, 0.717) is 19.5 Å². The lowest BCUT2D eigenvalue weighted by Crippen LogP contribution is -2.32. The molecule has 1 aliphatic heterocycles. The Balaban J connectivity index is 0.00000180. The van der Waals surface area contributed by atoms with Crippen LogP contribution in [0.4, 0.5) is 5.69 Å². The Morgan fingerprint density at radius 2 is 2.21 bits per heavy atom. The van der Waals surface area contributed by atoms with Crippen molar-refractivity contribution in [2.45, 2.75) is 12.5 Å². The van der Waals surface area contributed by atoms with Crippen LogP contribution >= 0.6 is 24.0 Å². The van der Waals surface area contributed by atoms with Gasteiger partial charge in [0, 0.05) is 19.1 Å². The SMILES string of the molecule is Cl.N[C@@H]1CCN(C(=O)c2cccc(Cl)c2[N+](=O)[O-])C1. The molecule has 1 aliphatic rings. The molecule has 1 atom stereocenters. The highest BCUT2D eigenvalue weighted by Crippen LogP contribution is 2.29. The number of halogens is 2. The summed E-state index contributed by atoms with van der Waals surface area (Å²) in [5.74, 6) is -0.392. The summed E-state index contributed by atoms with van der Waals surface area (Å²) in [6.07, 6.45) is 0.708. The highest BCUT2D eigenvalue weighted by molar-refractivity contribution is 6.33. The second-order valence-electron chi connectivity index (χ2n) is 4.19. The number of nitrogens with zero attached hydrogens (tertiary/aromatic N) is 2. The zero-order valence-corrected chi connectivity index (χ0v) is 11.5. The molecule has 19 heavy (non-hydrogen) atoms. The Labute approximate surface area is 121 Å². The Morgan fingerprint density at radius 3 is 2.74 bits per heavy atom. The number of nitrogens with two attached hydrogens (primary N) is 1. The summed E-state index contributed by atoms with van der Waals surface area (Å²) in [5, 5.41) is 10.9. The Kier molecular flexibility index (Phi) is 5.11. The number of likely N-dealkylation sites (tertiary alicyclic amines) is 1. The summed E-state index contributed by atoms with van der Waals surface area (Å²) in [6, 6.07) is 4.27. The summed E-state index contributed by atoms with van der Waals surface area (Å²) in [7, 11) is 0. The van der Waals surface area contributed by atoms with E-state index in [0.717, 1.165) is 0 Å². The molecular formula is C11H13Cl2N3O3. The molecular weight excluding hydrogens is 293 g/mol. The van der Waals surface area contributed by atoms with E-state index >= 15 is 0 Å². The highest BCUT2D eigenvalue weighted by Gasteiger charge is 2.30. The van der Waals surface area contributed by atoms with E-state index in [1.54, 1.807) is 0 Å². The van der Waals surface area contributed by atoms with Gasteiger partial charge in [-0.1, -0.05) is 17.7 Å². The van der Waals surface area contributed by atoms with Crippen molar-refractivity contribution in [3.8, 4) is 0 Å².